The summed E-state index contributed by atoms with van der Waals surface area (Å²) < 4.78 is 10.3. The molecule has 2 aliphatic rings. The Hall–Kier alpha value is -0.200. The molecule has 2 heterocycles. The molecule has 2 rings (SSSR count). The average Bonchev–Trinajstić information content (AvgIpc) is 2.74. The fraction of sp³-hybridized carbons (Fsp3) is 1.00. The second-order valence-electron chi connectivity index (χ2n) is 5.67. The van der Waals surface area contributed by atoms with Crippen LogP contribution in [0.15, 0.2) is 0 Å². The van der Waals surface area contributed by atoms with E-state index in [0.717, 1.165) is 19.6 Å². The van der Waals surface area contributed by atoms with Gasteiger partial charge in [0.05, 0.1) is 25.9 Å². The summed E-state index contributed by atoms with van der Waals surface area (Å²) in [6.45, 7) is 6.99. The van der Waals surface area contributed by atoms with Crippen molar-refractivity contribution in [3.63, 3.8) is 0 Å². The molecule has 2 unspecified atom stereocenters. The first kappa shape index (κ1) is 15.2. The second-order valence-corrected chi connectivity index (χ2v) is 5.67. The number of β-amino-alcohol motifs (C(OH)–C–C–N with tert-alkyl or cyclic N) is 1. The molecule has 19 heavy (non-hydrogen) atoms. The summed E-state index contributed by atoms with van der Waals surface area (Å²) in [5.41, 5.74) is 0. The third-order valence-corrected chi connectivity index (χ3v) is 4.10. The van der Waals surface area contributed by atoms with Crippen molar-refractivity contribution < 1.29 is 14.6 Å². The van der Waals surface area contributed by atoms with Crippen molar-refractivity contribution in [3.8, 4) is 0 Å². The van der Waals surface area contributed by atoms with Crippen molar-refractivity contribution in [1.82, 2.24) is 9.80 Å². The van der Waals surface area contributed by atoms with Gasteiger partial charge < -0.3 is 14.6 Å². The molecule has 5 heteroatoms. The first-order chi connectivity index (χ1) is 9.29. The van der Waals surface area contributed by atoms with Crippen molar-refractivity contribution in [2.24, 2.45) is 0 Å². The van der Waals surface area contributed by atoms with Crippen LogP contribution in [0.25, 0.3) is 0 Å². The van der Waals surface area contributed by atoms with Gasteiger partial charge in [0.1, 0.15) is 0 Å². The highest BCUT2D eigenvalue weighted by Crippen LogP contribution is 2.21. The maximum atomic E-state index is 10.0. The molecule has 2 aliphatic heterocycles. The van der Waals surface area contributed by atoms with Crippen LogP contribution in [-0.4, -0.2) is 86.7 Å². The van der Waals surface area contributed by atoms with Crippen molar-refractivity contribution in [3.05, 3.63) is 0 Å². The highest BCUT2D eigenvalue weighted by Gasteiger charge is 2.29. The van der Waals surface area contributed by atoms with Crippen LogP contribution < -0.4 is 0 Å². The minimum Gasteiger partial charge on any atom is -0.389 e. The molecule has 0 aromatic rings. The minimum absolute atomic E-state index is 0.384. The van der Waals surface area contributed by atoms with E-state index in [4.69, 9.17) is 9.47 Å². The molecule has 5 nitrogen and oxygen atoms in total. The van der Waals surface area contributed by atoms with E-state index in [1.165, 1.54) is 32.4 Å². The maximum absolute atomic E-state index is 10.0. The third-order valence-electron chi connectivity index (χ3n) is 4.10. The van der Waals surface area contributed by atoms with E-state index < -0.39 is 0 Å². The summed E-state index contributed by atoms with van der Waals surface area (Å²) in [7, 11) is 1.66. The largest absolute Gasteiger partial charge is 0.389 e. The van der Waals surface area contributed by atoms with Crippen molar-refractivity contribution >= 4 is 0 Å². The molecule has 0 aromatic carbocycles. The SMILES string of the molecule is COCCOCC(O)CN1CCCN2CCCC2C1. The fourth-order valence-corrected chi connectivity index (χ4v) is 3.16. The molecule has 2 saturated heterocycles. The Morgan fingerprint density at radius 1 is 1.21 bits per heavy atom. The van der Waals surface area contributed by atoms with E-state index in [-0.39, 0.29) is 6.10 Å². The molecule has 1 N–H and O–H groups in total. The summed E-state index contributed by atoms with van der Waals surface area (Å²) in [5, 5.41) is 10.0. The number of aliphatic hydroxyl groups is 1. The van der Waals surface area contributed by atoms with Crippen LogP contribution in [0.4, 0.5) is 0 Å². The summed E-state index contributed by atoms with van der Waals surface area (Å²) in [6.07, 6.45) is 3.48. The van der Waals surface area contributed by atoms with E-state index in [0.29, 0.717) is 25.9 Å². The lowest BCUT2D eigenvalue weighted by Crippen LogP contribution is -2.41. The van der Waals surface area contributed by atoms with E-state index >= 15 is 0 Å². The number of aliphatic hydroxyl groups excluding tert-OH is 1. The number of rotatable bonds is 7. The molecular formula is C14H28N2O3. The van der Waals surface area contributed by atoms with E-state index in [9.17, 15) is 5.11 Å². The van der Waals surface area contributed by atoms with Crippen LogP contribution in [-0.2, 0) is 9.47 Å². The van der Waals surface area contributed by atoms with Gasteiger partial charge in [-0.05, 0) is 38.9 Å². The first-order valence-corrected chi connectivity index (χ1v) is 7.50. The van der Waals surface area contributed by atoms with Gasteiger partial charge in [-0.3, -0.25) is 9.80 Å². The van der Waals surface area contributed by atoms with E-state index in [1.54, 1.807) is 7.11 Å². The minimum atomic E-state index is -0.384. The summed E-state index contributed by atoms with van der Waals surface area (Å²) in [6, 6.07) is 0.712. The molecule has 0 spiro atoms. The van der Waals surface area contributed by atoms with Crippen molar-refractivity contribution in [1.29, 1.82) is 0 Å². The smallest absolute Gasteiger partial charge is 0.0900 e. The predicted octanol–water partition coefficient (Wildman–Crippen LogP) is 0.180. The highest BCUT2D eigenvalue weighted by atomic mass is 16.5. The van der Waals surface area contributed by atoms with Gasteiger partial charge in [-0.2, -0.15) is 0 Å². The van der Waals surface area contributed by atoms with E-state index in [2.05, 4.69) is 9.80 Å². The zero-order chi connectivity index (χ0) is 13.5. The predicted molar refractivity (Wildman–Crippen MR) is 74.4 cm³/mol. The molecule has 0 amide bonds. The molecule has 0 aliphatic carbocycles. The number of hydrogen-bond donors (Lipinski definition) is 1. The number of fused-ring (bicyclic) bond motifs is 1. The third kappa shape index (κ3) is 5.00. The maximum Gasteiger partial charge on any atom is 0.0900 e. The Kier molecular flexibility index (Phi) is 6.53. The second kappa shape index (κ2) is 8.17. The zero-order valence-electron chi connectivity index (χ0n) is 12.1. The summed E-state index contributed by atoms with van der Waals surface area (Å²) >= 11 is 0. The number of hydrogen-bond acceptors (Lipinski definition) is 5. The van der Waals surface area contributed by atoms with Crippen molar-refractivity contribution in [2.45, 2.75) is 31.4 Å². The molecule has 0 aromatic heterocycles. The molecule has 112 valence electrons. The number of ether oxygens (including phenoxy) is 2. The Morgan fingerprint density at radius 2 is 2.05 bits per heavy atom. The Labute approximate surface area is 116 Å². The van der Waals surface area contributed by atoms with Gasteiger partial charge in [-0.25, -0.2) is 0 Å². The highest BCUT2D eigenvalue weighted by molar-refractivity contribution is 4.85. The standard InChI is InChI=1S/C14H28N2O3/c1-18-8-9-19-12-14(17)11-15-5-3-7-16-6-2-4-13(16)10-15/h13-14,17H,2-12H2,1H3. The van der Waals surface area contributed by atoms with Crippen LogP contribution in [0.5, 0.6) is 0 Å². The van der Waals surface area contributed by atoms with Crippen molar-refractivity contribution in [2.75, 3.05) is 59.7 Å². The van der Waals surface area contributed by atoms with Gasteiger partial charge in [0.25, 0.3) is 0 Å². The van der Waals surface area contributed by atoms with Gasteiger partial charge in [-0.15, -0.1) is 0 Å². The van der Waals surface area contributed by atoms with Crippen LogP contribution in [0.2, 0.25) is 0 Å². The molecule has 0 bridgehead atoms. The van der Waals surface area contributed by atoms with Crippen LogP contribution >= 0.6 is 0 Å². The molecule has 2 fully saturated rings. The summed E-state index contributed by atoms with van der Waals surface area (Å²) in [4.78, 5) is 5.02. The van der Waals surface area contributed by atoms with Gasteiger partial charge in [0.2, 0.25) is 0 Å². The van der Waals surface area contributed by atoms with Crippen LogP contribution in [0.3, 0.4) is 0 Å². The summed E-state index contributed by atoms with van der Waals surface area (Å²) in [5.74, 6) is 0. The first-order valence-electron chi connectivity index (χ1n) is 7.50. The molecule has 0 saturated carbocycles. The molecule has 2 atom stereocenters. The Balaban J connectivity index is 1.66. The average molecular weight is 272 g/mol. The Bertz CT molecular complexity index is 253. The molecular weight excluding hydrogens is 244 g/mol. The van der Waals surface area contributed by atoms with Gasteiger partial charge in [0.15, 0.2) is 0 Å². The lowest BCUT2D eigenvalue weighted by Gasteiger charge is -2.27. The zero-order valence-corrected chi connectivity index (χ0v) is 12.1. The van der Waals surface area contributed by atoms with E-state index in [1.807, 2.05) is 0 Å². The van der Waals surface area contributed by atoms with Gasteiger partial charge in [0, 0.05) is 26.2 Å². The lowest BCUT2D eigenvalue weighted by molar-refractivity contribution is -0.00111. The number of methoxy groups -OCH3 is 1. The molecule has 0 radical (unpaired) electrons. The monoisotopic (exact) mass is 272 g/mol. The van der Waals surface area contributed by atoms with Gasteiger partial charge >= 0.3 is 0 Å². The van der Waals surface area contributed by atoms with Gasteiger partial charge in [-0.1, -0.05) is 0 Å². The number of nitrogens with zero attached hydrogens (tertiary/aromatic N) is 2. The topological polar surface area (TPSA) is 45.2 Å². The Morgan fingerprint density at radius 3 is 2.89 bits per heavy atom. The fourth-order valence-electron chi connectivity index (χ4n) is 3.16. The quantitative estimate of drug-likeness (QED) is 0.670. The lowest BCUT2D eigenvalue weighted by atomic mass is 10.2. The normalized spacial score (nSPS) is 27.2. The van der Waals surface area contributed by atoms with Crippen LogP contribution in [0.1, 0.15) is 19.3 Å². The van der Waals surface area contributed by atoms with Crippen LogP contribution in [0, 0.1) is 0 Å².